The molecule has 0 aromatic rings. The molecule has 4 nitrogen and oxygen atoms in total. The Hall–Kier alpha value is -0.160. The van der Waals surface area contributed by atoms with Crippen molar-refractivity contribution in [3.05, 3.63) is 0 Å². The predicted molar refractivity (Wildman–Crippen MR) is 110 cm³/mol. The molecule has 1 fully saturated rings. The Kier molecular flexibility index (Phi) is 7.41. The predicted octanol–water partition coefficient (Wildman–Crippen LogP) is 5.04. The quantitative estimate of drug-likeness (QED) is 0.692. The molecule has 0 N–H and O–H groups in total. The Morgan fingerprint density at radius 3 is 1.62 bits per heavy atom. The van der Waals surface area contributed by atoms with Crippen molar-refractivity contribution >= 4 is 0 Å². The van der Waals surface area contributed by atoms with Crippen molar-refractivity contribution in [1.29, 1.82) is 0 Å². The Morgan fingerprint density at radius 2 is 1.23 bits per heavy atom. The largest absolute Gasteiger partial charge is 0.374 e. The molecule has 0 amide bonds. The van der Waals surface area contributed by atoms with Crippen molar-refractivity contribution in [1.82, 2.24) is 4.90 Å². The standard InChI is InChI=1S/C22H45NO3/c1-19(2,3)23-14-13-17(25-21(7,8)9)18(26-22(10,11)12)16(23)15-24-20(4,5)6/h16-18H,13-15H2,1-12H3/t16-,17-,18-/m1/s1. The maximum absolute atomic E-state index is 6.59. The van der Waals surface area contributed by atoms with Gasteiger partial charge in [0.2, 0.25) is 0 Å². The highest BCUT2D eigenvalue weighted by molar-refractivity contribution is 4.98. The fraction of sp³-hybridized carbons (Fsp3) is 1.00. The Balaban J connectivity index is 3.19. The summed E-state index contributed by atoms with van der Waals surface area (Å²) in [5.74, 6) is 0. The average Bonchev–Trinajstić information content (AvgIpc) is 2.33. The van der Waals surface area contributed by atoms with Gasteiger partial charge in [0.1, 0.15) is 6.10 Å². The molecule has 0 aromatic heterocycles. The van der Waals surface area contributed by atoms with E-state index in [1.54, 1.807) is 0 Å². The minimum atomic E-state index is -0.231. The third kappa shape index (κ3) is 8.24. The number of hydrogen-bond acceptors (Lipinski definition) is 4. The zero-order chi connectivity index (χ0) is 20.6. The molecule has 0 saturated carbocycles. The van der Waals surface area contributed by atoms with Crippen molar-refractivity contribution in [2.24, 2.45) is 0 Å². The summed E-state index contributed by atoms with van der Waals surface area (Å²) in [5.41, 5.74) is -0.541. The van der Waals surface area contributed by atoms with Gasteiger partial charge in [-0.1, -0.05) is 0 Å². The van der Waals surface area contributed by atoms with Crippen LogP contribution in [0.25, 0.3) is 0 Å². The minimum Gasteiger partial charge on any atom is -0.374 e. The van der Waals surface area contributed by atoms with Crippen LogP contribution in [0.3, 0.4) is 0 Å². The monoisotopic (exact) mass is 371 g/mol. The van der Waals surface area contributed by atoms with Crippen molar-refractivity contribution < 1.29 is 14.2 Å². The molecule has 0 unspecified atom stereocenters. The van der Waals surface area contributed by atoms with Gasteiger partial charge in [-0.3, -0.25) is 4.90 Å². The van der Waals surface area contributed by atoms with Gasteiger partial charge < -0.3 is 14.2 Å². The fourth-order valence-electron chi connectivity index (χ4n) is 3.52. The van der Waals surface area contributed by atoms with Crippen LogP contribution in [0.1, 0.15) is 89.5 Å². The number of likely N-dealkylation sites (tertiary alicyclic amines) is 1. The average molecular weight is 372 g/mol. The molecule has 0 aliphatic carbocycles. The first-order chi connectivity index (χ1) is 11.4. The lowest BCUT2D eigenvalue weighted by atomic mass is 9.89. The van der Waals surface area contributed by atoms with Gasteiger partial charge in [0, 0.05) is 12.1 Å². The molecule has 26 heavy (non-hydrogen) atoms. The van der Waals surface area contributed by atoms with Crippen LogP contribution in [0, 0.1) is 0 Å². The van der Waals surface area contributed by atoms with E-state index in [0.29, 0.717) is 6.61 Å². The fourth-order valence-corrected chi connectivity index (χ4v) is 3.52. The zero-order valence-electron chi connectivity index (χ0n) is 19.5. The van der Waals surface area contributed by atoms with Gasteiger partial charge in [0.05, 0.1) is 35.6 Å². The molecule has 0 aromatic carbocycles. The van der Waals surface area contributed by atoms with E-state index in [1.807, 2.05) is 0 Å². The lowest BCUT2D eigenvalue weighted by Gasteiger charge is -2.52. The molecule has 156 valence electrons. The van der Waals surface area contributed by atoms with E-state index in [1.165, 1.54) is 0 Å². The molecule has 3 atom stereocenters. The van der Waals surface area contributed by atoms with Crippen LogP contribution in [0.15, 0.2) is 0 Å². The summed E-state index contributed by atoms with van der Waals surface area (Å²) in [6.45, 7) is 27.5. The summed E-state index contributed by atoms with van der Waals surface area (Å²) in [5, 5.41) is 0. The zero-order valence-corrected chi connectivity index (χ0v) is 19.5. The van der Waals surface area contributed by atoms with Gasteiger partial charge in [-0.15, -0.1) is 0 Å². The van der Waals surface area contributed by atoms with E-state index in [9.17, 15) is 0 Å². The molecular formula is C22H45NO3. The topological polar surface area (TPSA) is 30.9 Å². The van der Waals surface area contributed by atoms with Gasteiger partial charge in [0.15, 0.2) is 0 Å². The number of hydrogen-bond donors (Lipinski definition) is 0. The second-order valence-corrected chi connectivity index (χ2v) is 11.6. The van der Waals surface area contributed by atoms with E-state index in [-0.39, 0.29) is 40.6 Å². The summed E-state index contributed by atoms with van der Waals surface area (Å²) in [7, 11) is 0. The Morgan fingerprint density at radius 1 is 0.731 bits per heavy atom. The summed E-state index contributed by atoms with van der Waals surface area (Å²) in [6, 6.07) is 0.162. The summed E-state index contributed by atoms with van der Waals surface area (Å²) in [6.07, 6.45) is 1.02. The first kappa shape index (κ1) is 23.9. The molecule has 0 spiro atoms. The smallest absolute Gasteiger partial charge is 0.102 e. The highest BCUT2D eigenvalue weighted by atomic mass is 16.6. The molecule has 1 saturated heterocycles. The van der Waals surface area contributed by atoms with E-state index >= 15 is 0 Å². The van der Waals surface area contributed by atoms with Crippen LogP contribution in [0.4, 0.5) is 0 Å². The number of ether oxygens (including phenoxy) is 3. The summed E-state index contributed by atoms with van der Waals surface area (Å²) >= 11 is 0. The van der Waals surface area contributed by atoms with Crippen LogP contribution < -0.4 is 0 Å². The molecule has 0 bridgehead atoms. The van der Waals surface area contributed by atoms with Gasteiger partial charge in [0.25, 0.3) is 0 Å². The van der Waals surface area contributed by atoms with Crippen LogP contribution in [0.5, 0.6) is 0 Å². The highest BCUT2D eigenvalue weighted by Gasteiger charge is 2.46. The third-order valence-corrected chi connectivity index (χ3v) is 4.34. The summed E-state index contributed by atoms with van der Waals surface area (Å²) in [4.78, 5) is 2.54. The number of rotatable bonds is 4. The maximum Gasteiger partial charge on any atom is 0.102 e. The van der Waals surface area contributed by atoms with Crippen molar-refractivity contribution in [3.8, 4) is 0 Å². The van der Waals surface area contributed by atoms with E-state index in [0.717, 1.165) is 13.0 Å². The second-order valence-electron chi connectivity index (χ2n) is 11.6. The van der Waals surface area contributed by atoms with E-state index < -0.39 is 0 Å². The van der Waals surface area contributed by atoms with Crippen LogP contribution >= 0.6 is 0 Å². The number of nitrogens with zero attached hydrogens (tertiary/aromatic N) is 1. The van der Waals surface area contributed by atoms with Gasteiger partial charge in [-0.25, -0.2) is 0 Å². The molecule has 1 aliphatic heterocycles. The Bertz CT molecular complexity index is 434. The molecule has 1 heterocycles. The van der Waals surface area contributed by atoms with Gasteiger partial charge >= 0.3 is 0 Å². The molecule has 1 rings (SSSR count). The van der Waals surface area contributed by atoms with Crippen molar-refractivity contribution in [2.75, 3.05) is 13.2 Å². The van der Waals surface area contributed by atoms with Crippen molar-refractivity contribution in [2.45, 2.75) is 130 Å². The lowest BCUT2D eigenvalue weighted by Crippen LogP contribution is -2.65. The maximum atomic E-state index is 6.59. The first-order valence-corrected chi connectivity index (χ1v) is 10.2. The van der Waals surface area contributed by atoms with E-state index in [4.69, 9.17) is 14.2 Å². The van der Waals surface area contributed by atoms with Crippen LogP contribution in [0.2, 0.25) is 0 Å². The van der Waals surface area contributed by atoms with Crippen LogP contribution in [-0.4, -0.2) is 58.6 Å². The normalized spacial score (nSPS) is 27.0. The van der Waals surface area contributed by atoms with Crippen LogP contribution in [-0.2, 0) is 14.2 Å². The first-order valence-electron chi connectivity index (χ1n) is 10.2. The third-order valence-electron chi connectivity index (χ3n) is 4.34. The second kappa shape index (κ2) is 8.06. The van der Waals surface area contributed by atoms with Gasteiger partial charge in [-0.05, 0) is 89.5 Å². The lowest BCUT2D eigenvalue weighted by molar-refractivity contribution is -0.221. The molecule has 4 heteroatoms. The number of piperidine rings is 1. The van der Waals surface area contributed by atoms with Gasteiger partial charge in [-0.2, -0.15) is 0 Å². The molecule has 1 aliphatic rings. The molecule has 0 radical (unpaired) electrons. The SMILES string of the molecule is CC(C)(C)OC[C@@H]1[C@@H](OC(C)(C)C)[C@H](OC(C)(C)C)CCN1C(C)(C)C. The summed E-state index contributed by atoms with van der Waals surface area (Å²) < 4.78 is 19.3. The molecular weight excluding hydrogens is 326 g/mol. The Labute approximate surface area is 162 Å². The van der Waals surface area contributed by atoms with Crippen molar-refractivity contribution in [3.63, 3.8) is 0 Å². The minimum absolute atomic E-state index is 0.0236. The van der Waals surface area contributed by atoms with E-state index in [2.05, 4.69) is 88.0 Å². The highest BCUT2D eigenvalue weighted by Crippen LogP contribution is 2.34.